The third kappa shape index (κ3) is 3.87. The minimum Gasteiger partial charge on any atom is -0.478 e. The first-order valence-electron chi connectivity index (χ1n) is 9.01. The van der Waals surface area contributed by atoms with Crippen molar-refractivity contribution in [1.29, 1.82) is 0 Å². The third-order valence-electron chi connectivity index (χ3n) is 4.39. The van der Waals surface area contributed by atoms with Crippen molar-refractivity contribution in [2.75, 3.05) is 6.61 Å². The van der Waals surface area contributed by atoms with E-state index in [0.29, 0.717) is 29.9 Å². The fourth-order valence-corrected chi connectivity index (χ4v) is 3.01. The smallest absolute Gasteiger partial charge is 0.347 e. The first-order valence-corrected chi connectivity index (χ1v) is 9.01. The molecule has 1 aromatic heterocycles. The average Bonchev–Trinajstić information content (AvgIpc) is 2.68. The van der Waals surface area contributed by atoms with Crippen LogP contribution in [0.25, 0.3) is 22.1 Å². The molecule has 0 fully saturated rings. The highest BCUT2D eigenvalue weighted by molar-refractivity contribution is 5.95. The molecule has 0 saturated heterocycles. The minimum atomic E-state index is -0.704. The molecule has 0 radical (unpaired) electrons. The van der Waals surface area contributed by atoms with Crippen LogP contribution >= 0.6 is 0 Å². The number of ether oxygens (including phenoxy) is 2. The van der Waals surface area contributed by atoms with E-state index in [1.165, 1.54) is 6.07 Å². The Kier molecular flexibility index (Phi) is 5.60. The number of carbonyl (C=O) groups is 1. The fourth-order valence-electron chi connectivity index (χ4n) is 3.01. The summed E-state index contributed by atoms with van der Waals surface area (Å²) in [6, 6.07) is 14.8. The second-order valence-electron chi connectivity index (χ2n) is 6.18. The van der Waals surface area contributed by atoms with Gasteiger partial charge in [-0.15, -0.1) is 0 Å². The van der Waals surface area contributed by atoms with Crippen LogP contribution in [0.5, 0.6) is 5.75 Å². The van der Waals surface area contributed by atoms with Crippen LogP contribution in [0.3, 0.4) is 0 Å². The first kappa shape index (κ1) is 18.7. The minimum absolute atomic E-state index is 0.296. The van der Waals surface area contributed by atoms with E-state index in [1.807, 2.05) is 50.2 Å². The molecular formula is C22H22O5. The molecule has 27 heavy (non-hydrogen) atoms. The molecule has 0 aliphatic carbocycles. The lowest BCUT2D eigenvalue weighted by Gasteiger charge is -2.18. The summed E-state index contributed by atoms with van der Waals surface area (Å²) in [6.45, 7) is 5.72. The van der Waals surface area contributed by atoms with Crippen molar-refractivity contribution in [1.82, 2.24) is 0 Å². The molecule has 0 aliphatic heterocycles. The Morgan fingerprint density at radius 2 is 1.85 bits per heavy atom. The zero-order valence-electron chi connectivity index (χ0n) is 15.7. The lowest BCUT2D eigenvalue weighted by Crippen LogP contribution is -2.29. The zero-order chi connectivity index (χ0) is 19.4. The predicted octanol–water partition coefficient (Wildman–Crippen LogP) is 4.49. The van der Waals surface area contributed by atoms with Crippen molar-refractivity contribution in [2.45, 2.75) is 33.3 Å². The molecule has 1 atom stereocenters. The van der Waals surface area contributed by atoms with Gasteiger partial charge in [-0.25, -0.2) is 9.59 Å². The monoisotopic (exact) mass is 366 g/mol. The Bertz CT molecular complexity index is 1000. The van der Waals surface area contributed by atoms with Crippen molar-refractivity contribution in [3.63, 3.8) is 0 Å². The van der Waals surface area contributed by atoms with Crippen molar-refractivity contribution < 1.29 is 18.7 Å². The van der Waals surface area contributed by atoms with Gasteiger partial charge in [0.2, 0.25) is 0 Å². The lowest BCUT2D eigenvalue weighted by atomic mass is 10.00. The number of hydrogen-bond donors (Lipinski definition) is 0. The molecule has 0 N–H and O–H groups in total. The molecule has 0 spiro atoms. The van der Waals surface area contributed by atoms with Gasteiger partial charge in [0.05, 0.1) is 6.61 Å². The molecule has 140 valence electrons. The normalized spacial score (nSPS) is 12.0. The van der Waals surface area contributed by atoms with E-state index >= 15 is 0 Å². The fraction of sp³-hybridized carbons (Fsp3) is 0.273. The molecule has 1 heterocycles. The number of aryl methyl sites for hydroxylation is 1. The molecule has 0 saturated carbocycles. The van der Waals surface area contributed by atoms with E-state index in [0.717, 1.165) is 16.5 Å². The largest absolute Gasteiger partial charge is 0.478 e. The van der Waals surface area contributed by atoms with Crippen molar-refractivity contribution in [2.24, 2.45) is 0 Å². The molecule has 0 aliphatic rings. The van der Waals surface area contributed by atoms with Crippen LogP contribution in [0.4, 0.5) is 0 Å². The number of benzene rings is 2. The third-order valence-corrected chi connectivity index (χ3v) is 4.39. The highest BCUT2D eigenvalue weighted by atomic mass is 16.6. The highest BCUT2D eigenvalue weighted by Gasteiger charge is 2.22. The zero-order valence-corrected chi connectivity index (χ0v) is 15.7. The first-order chi connectivity index (χ1) is 13.0. The number of carbonyl (C=O) groups excluding carboxylic acids is 1. The lowest BCUT2D eigenvalue weighted by molar-refractivity contribution is -0.151. The summed E-state index contributed by atoms with van der Waals surface area (Å²) in [5.74, 6) is 0.0924. The van der Waals surface area contributed by atoms with Gasteiger partial charge in [-0.3, -0.25) is 0 Å². The summed E-state index contributed by atoms with van der Waals surface area (Å²) in [6.07, 6.45) is -0.227. The maximum Gasteiger partial charge on any atom is 0.347 e. The Hall–Kier alpha value is -3.08. The summed E-state index contributed by atoms with van der Waals surface area (Å²) in [5.41, 5.74) is 2.43. The Morgan fingerprint density at radius 3 is 2.52 bits per heavy atom. The van der Waals surface area contributed by atoms with Crippen molar-refractivity contribution in [3.8, 4) is 16.9 Å². The molecular weight excluding hydrogens is 344 g/mol. The Labute approximate surface area is 157 Å². The maximum atomic E-state index is 12.1. The molecule has 3 aromatic rings. The molecule has 0 amide bonds. The topological polar surface area (TPSA) is 65.7 Å². The molecule has 0 bridgehead atoms. The second-order valence-corrected chi connectivity index (χ2v) is 6.18. The maximum absolute atomic E-state index is 12.1. The van der Waals surface area contributed by atoms with Crippen LogP contribution in [0, 0.1) is 6.92 Å². The van der Waals surface area contributed by atoms with E-state index in [1.54, 1.807) is 13.0 Å². The quantitative estimate of drug-likeness (QED) is 0.475. The van der Waals surface area contributed by atoms with E-state index in [9.17, 15) is 9.59 Å². The van der Waals surface area contributed by atoms with E-state index in [4.69, 9.17) is 13.9 Å². The van der Waals surface area contributed by atoms with Crippen LogP contribution in [-0.4, -0.2) is 18.7 Å². The summed E-state index contributed by atoms with van der Waals surface area (Å²) in [5, 5.41) is 0.815. The van der Waals surface area contributed by atoms with Gasteiger partial charge in [0, 0.05) is 17.0 Å². The van der Waals surface area contributed by atoms with Crippen LogP contribution in [0.2, 0.25) is 0 Å². The summed E-state index contributed by atoms with van der Waals surface area (Å²) in [4.78, 5) is 24.2. The standard InChI is InChI=1S/C22H22O5/c1-4-18(22(24)25-5-2)26-19-12-11-16-17(15-9-7-6-8-10-15)13-20(23)27-21(16)14(19)3/h6-13,18H,4-5H2,1-3H3. The van der Waals surface area contributed by atoms with Gasteiger partial charge in [-0.2, -0.15) is 0 Å². The molecule has 5 heteroatoms. The van der Waals surface area contributed by atoms with Crippen molar-refractivity contribution in [3.05, 3.63) is 64.5 Å². The van der Waals surface area contributed by atoms with Gasteiger partial charge in [-0.05, 0) is 43.5 Å². The van der Waals surface area contributed by atoms with Gasteiger partial charge >= 0.3 is 11.6 Å². The van der Waals surface area contributed by atoms with Crippen LogP contribution < -0.4 is 10.4 Å². The summed E-state index contributed by atoms with van der Waals surface area (Å²) < 4.78 is 16.4. The molecule has 2 aromatic carbocycles. The number of esters is 1. The molecule has 5 nitrogen and oxygen atoms in total. The Morgan fingerprint density at radius 1 is 1.11 bits per heavy atom. The summed E-state index contributed by atoms with van der Waals surface area (Å²) >= 11 is 0. The average molecular weight is 366 g/mol. The SMILES string of the molecule is CCOC(=O)C(CC)Oc1ccc2c(-c3ccccc3)cc(=O)oc2c1C. The van der Waals surface area contributed by atoms with Crippen LogP contribution in [0.15, 0.2) is 57.7 Å². The van der Waals surface area contributed by atoms with E-state index in [-0.39, 0.29) is 0 Å². The van der Waals surface area contributed by atoms with E-state index < -0.39 is 17.7 Å². The van der Waals surface area contributed by atoms with Gasteiger partial charge in [0.15, 0.2) is 6.10 Å². The number of hydrogen-bond acceptors (Lipinski definition) is 5. The van der Waals surface area contributed by atoms with Gasteiger partial charge < -0.3 is 13.9 Å². The van der Waals surface area contributed by atoms with Crippen LogP contribution in [-0.2, 0) is 9.53 Å². The van der Waals surface area contributed by atoms with Gasteiger partial charge in [0.1, 0.15) is 11.3 Å². The van der Waals surface area contributed by atoms with Crippen molar-refractivity contribution >= 4 is 16.9 Å². The Balaban J connectivity index is 2.08. The second kappa shape index (κ2) is 8.08. The predicted molar refractivity (Wildman–Crippen MR) is 104 cm³/mol. The number of rotatable bonds is 6. The summed E-state index contributed by atoms with van der Waals surface area (Å²) in [7, 11) is 0. The highest BCUT2D eigenvalue weighted by Crippen LogP contribution is 2.33. The van der Waals surface area contributed by atoms with Gasteiger partial charge in [0.25, 0.3) is 0 Å². The van der Waals surface area contributed by atoms with Crippen LogP contribution in [0.1, 0.15) is 25.8 Å². The number of fused-ring (bicyclic) bond motifs is 1. The molecule has 3 rings (SSSR count). The molecule has 1 unspecified atom stereocenters. The van der Waals surface area contributed by atoms with Gasteiger partial charge in [-0.1, -0.05) is 37.3 Å². The van der Waals surface area contributed by atoms with E-state index in [2.05, 4.69) is 0 Å².